The van der Waals surface area contributed by atoms with E-state index >= 15 is 0 Å². The van der Waals surface area contributed by atoms with Crippen LogP contribution in [0.3, 0.4) is 0 Å². The lowest BCUT2D eigenvalue weighted by atomic mass is 10.1. The van der Waals surface area contributed by atoms with E-state index in [9.17, 15) is 4.79 Å². The second kappa shape index (κ2) is 5.55. The minimum Gasteiger partial charge on any atom is -0.354 e. The van der Waals surface area contributed by atoms with E-state index in [2.05, 4.69) is 10.6 Å². The summed E-state index contributed by atoms with van der Waals surface area (Å²) < 4.78 is 0. The third kappa shape index (κ3) is 4.48. The third-order valence-corrected chi connectivity index (χ3v) is 1.94. The number of hydrogen-bond donors (Lipinski definition) is 2. The van der Waals surface area contributed by atoms with Gasteiger partial charge < -0.3 is 10.6 Å². The molecule has 0 saturated carbocycles. The fourth-order valence-electron chi connectivity index (χ4n) is 0.704. The van der Waals surface area contributed by atoms with Crippen molar-refractivity contribution in [2.75, 3.05) is 13.6 Å². The first-order valence-corrected chi connectivity index (χ1v) is 4.38. The Morgan fingerprint density at radius 2 is 2.15 bits per heavy atom. The zero-order valence-corrected chi connectivity index (χ0v) is 8.48. The molecule has 0 fully saturated rings. The van der Waals surface area contributed by atoms with Crippen LogP contribution in [-0.2, 0) is 4.79 Å². The summed E-state index contributed by atoms with van der Waals surface area (Å²) in [5, 5.41) is 13.9. The van der Waals surface area contributed by atoms with Gasteiger partial charge in [0.15, 0.2) is 0 Å². The topological polar surface area (TPSA) is 64.9 Å². The van der Waals surface area contributed by atoms with Crippen molar-refractivity contribution < 1.29 is 4.79 Å². The summed E-state index contributed by atoms with van der Waals surface area (Å²) in [7, 11) is 1.74. The maximum Gasteiger partial charge on any atom is 0.239 e. The smallest absolute Gasteiger partial charge is 0.239 e. The standard InChI is InChI=1S/C9H17N3O/c1-9(2,11-3)8(13)12-7-5-4-6-10/h11H,4-5,7H2,1-3H3,(H,12,13). The Kier molecular flexibility index (Phi) is 5.09. The van der Waals surface area contributed by atoms with E-state index in [1.54, 1.807) is 7.05 Å². The lowest BCUT2D eigenvalue weighted by Gasteiger charge is -2.22. The maximum atomic E-state index is 11.4. The van der Waals surface area contributed by atoms with Crippen molar-refractivity contribution in [3.8, 4) is 6.07 Å². The van der Waals surface area contributed by atoms with Gasteiger partial charge in [-0.05, 0) is 27.3 Å². The molecule has 13 heavy (non-hydrogen) atoms. The average Bonchev–Trinajstić information content (AvgIpc) is 2.12. The van der Waals surface area contributed by atoms with E-state index in [1.165, 1.54) is 0 Å². The third-order valence-electron chi connectivity index (χ3n) is 1.94. The second-order valence-corrected chi connectivity index (χ2v) is 3.39. The molecule has 0 rings (SSSR count). The first-order chi connectivity index (χ1) is 6.04. The van der Waals surface area contributed by atoms with Gasteiger partial charge in [0.2, 0.25) is 5.91 Å². The molecule has 0 spiro atoms. The maximum absolute atomic E-state index is 11.4. The Morgan fingerprint density at radius 3 is 2.62 bits per heavy atom. The molecule has 0 heterocycles. The van der Waals surface area contributed by atoms with Crippen LogP contribution in [0.2, 0.25) is 0 Å². The quantitative estimate of drug-likeness (QED) is 0.606. The van der Waals surface area contributed by atoms with Crippen LogP contribution in [-0.4, -0.2) is 25.0 Å². The number of amides is 1. The minimum absolute atomic E-state index is 0.0343. The summed E-state index contributed by atoms with van der Waals surface area (Å²) in [5.74, 6) is -0.0343. The Bertz CT molecular complexity index is 205. The van der Waals surface area contributed by atoms with Crippen molar-refractivity contribution in [2.24, 2.45) is 0 Å². The molecule has 2 N–H and O–H groups in total. The Labute approximate surface area is 79.3 Å². The summed E-state index contributed by atoms with van der Waals surface area (Å²) >= 11 is 0. The van der Waals surface area contributed by atoms with Gasteiger partial charge in [-0.25, -0.2) is 0 Å². The molecule has 4 heteroatoms. The zero-order valence-electron chi connectivity index (χ0n) is 8.48. The Hall–Kier alpha value is -1.08. The molecular weight excluding hydrogens is 166 g/mol. The molecule has 0 aromatic rings. The Balaban J connectivity index is 3.70. The van der Waals surface area contributed by atoms with Gasteiger partial charge in [0.1, 0.15) is 0 Å². The normalized spacial score (nSPS) is 10.6. The zero-order chi connectivity index (χ0) is 10.3. The first-order valence-electron chi connectivity index (χ1n) is 4.38. The van der Waals surface area contributed by atoms with Gasteiger partial charge in [-0.15, -0.1) is 0 Å². The number of carbonyl (C=O) groups excluding carboxylic acids is 1. The number of unbranched alkanes of at least 4 members (excludes halogenated alkanes) is 1. The molecule has 0 aliphatic carbocycles. The second-order valence-electron chi connectivity index (χ2n) is 3.39. The van der Waals surface area contributed by atoms with E-state index in [0.29, 0.717) is 19.4 Å². The van der Waals surface area contributed by atoms with E-state index in [-0.39, 0.29) is 5.91 Å². The van der Waals surface area contributed by atoms with Crippen LogP contribution in [0.1, 0.15) is 26.7 Å². The lowest BCUT2D eigenvalue weighted by Crippen LogP contribution is -2.51. The summed E-state index contributed by atoms with van der Waals surface area (Å²) in [5.41, 5.74) is -0.535. The number of nitriles is 1. The summed E-state index contributed by atoms with van der Waals surface area (Å²) in [4.78, 5) is 11.4. The van der Waals surface area contributed by atoms with Gasteiger partial charge in [0, 0.05) is 13.0 Å². The van der Waals surface area contributed by atoms with Gasteiger partial charge in [-0.2, -0.15) is 5.26 Å². The van der Waals surface area contributed by atoms with Crippen molar-refractivity contribution >= 4 is 5.91 Å². The number of carbonyl (C=O) groups is 1. The van der Waals surface area contributed by atoms with Gasteiger partial charge >= 0.3 is 0 Å². The average molecular weight is 183 g/mol. The van der Waals surface area contributed by atoms with E-state index < -0.39 is 5.54 Å². The monoisotopic (exact) mass is 183 g/mol. The molecule has 0 aromatic heterocycles. The van der Waals surface area contributed by atoms with Crippen molar-refractivity contribution in [1.82, 2.24) is 10.6 Å². The molecule has 0 aliphatic heterocycles. The highest BCUT2D eigenvalue weighted by Crippen LogP contribution is 1.99. The highest BCUT2D eigenvalue weighted by molar-refractivity contribution is 5.85. The molecule has 0 atom stereocenters. The SMILES string of the molecule is CNC(C)(C)C(=O)NCCCC#N. The molecule has 0 unspecified atom stereocenters. The van der Waals surface area contributed by atoms with Crippen molar-refractivity contribution in [1.29, 1.82) is 5.26 Å². The van der Waals surface area contributed by atoms with E-state index in [4.69, 9.17) is 5.26 Å². The van der Waals surface area contributed by atoms with Gasteiger partial charge in [-0.3, -0.25) is 4.79 Å². The molecule has 0 saturated heterocycles. The molecule has 0 radical (unpaired) electrons. The van der Waals surface area contributed by atoms with Crippen LogP contribution in [0.25, 0.3) is 0 Å². The van der Waals surface area contributed by atoms with Gasteiger partial charge in [-0.1, -0.05) is 0 Å². The number of rotatable bonds is 5. The Morgan fingerprint density at radius 1 is 1.54 bits per heavy atom. The molecule has 0 bridgehead atoms. The summed E-state index contributed by atoms with van der Waals surface area (Å²) in [6.07, 6.45) is 1.20. The van der Waals surface area contributed by atoms with Crippen molar-refractivity contribution in [3.05, 3.63) is 0 Å². The van der Waals surface area contributed by atoms with Crippen molar-refractivity contribution in [3.63, 3.8) is 0 Å². The van der Waals surface area contributed by atoms with Crippen LogP contribution >= 0.6 is 0 Å². The number of nitrogens with zero attached hydrogens (tertiary/aromatic N) is 1. The lowest BCUT2D eigenvalue weighted by molar-refractivity contribution is -0.126. The van der Waals surface area contributed by atoms with Gasteiger partial charge in [0.25, 0.3) is 0 Å². The molecule has 74 valence electrons. The van der Waals surface area contributed by atoms with Crippen LogP contribution in [0.5, 0.6) is 0 Å². The van der Waals surface area contributed by atoms with Crippen LogP contribution in [0.15, 0.2) is 0 Å². The molecule has 0 aliphatic rings. The predicted molar refractivity (Wildman–Crippen MR) is 51.0 cm³/mol. The van der Waals surface area contributed by atoms with Crippen LogP contribution in [0.4, 0.5) is 0 Å². The van der Waals surface area contributed by atoms with Crippen LogP contribution < -0.4 is 10.6 Å². The molecule has 0 aromatic carbocycles. The number of likely N-dealkylation sites (N-methyl/N-ethyl adjacent to an activating group) is 1. The van der Waals surface area contributed by atoms with Crippen molar-refractivity contribution in [2.45, 2.75) is 32.2 Å². The largest absolute Gasteiger partial charge is 0.354 e. The fourth-order valence-corrected chi connectivity index (χ4v) is 0.704. The van der Waals surface area contributed by atoms with E-state index in [0.717, 1.165) is 0 Å². The summed E-state index contributed by atoms with van der Waals surface area (Å²) in [6.45, 7) is 4.19. The summed E-state index contributed by atoms with van der Waals surface area (Å²) in [6, 6.07) is 2.03. The van der Waals surface area contributed by atoms with Crippen LogP contribution in [0, 0.1) is 11.3 Å². The highest BCUT2D eigenvalue weighted by Gasteiger charge is 2.24. The first kappa shape index (κ1) is 11.9. The molecule has 4 nitrogen and oxygen atoms in total. The van der Waals surface area contributed by atoms with Gasteiger partial charge in [0.05, 0.1) is 11.6 Å². The number of nitrogens with one attached hydrogen (secondary N) is 2. The fraction of sp³-hybridized carbons (Fsp3) is 0.778. The predicted octanol–water partition coefficient (Wildman–Crippen LogP) is 0.404. The van der Waals surface area contributed by atoms with E-state index in [1.807, 2.05) is 19.9 Å². The molecule has 1 amide bonds. The number of hydrogen-bond acceptors (Lipinski definition) is 3. The minimum atomic E-state index is -0.535. The highest BCUT2D eigenvalue weighted by atomic mass is 16.2. The molecular formula is C9H17N3O.